The largest absolute Gasteiger partial charge is 0.361 e. The van der Waals surface area contributed by atoms with Gasteiger partial charge in [0.15, 0.2) is 0 Å². The quantitative estimate of drug-likeness (QED) is 0.907. The van der Waals surface area contributed by atoms with Crippen LogP contribution in [-0.2, 0) is 6.54 Å². The number of nitrogens with one attached hydrogen (secondary N) is 2. The Labute approximate surface area is 123 Å². The number of hydrogen-bond donors (Lipinski definition) is 2. The van der Waals surface area contributed by atoms with Crippen molar-refractivity contribution in [1.29, 1.82) is 0 Å². The van der Waals surface area contributed by atoms with Crippen LogP contribution in [0.5, 0.6) is 0 Å². The van der Waals surface area contributed by atoms with Crippen LogP contribution >= 0.6 is 0 Å². The van der Waals surface area contributed by atoms with E-state index in [9.17, 15) is 4.79 Å². The zero-order chi connectivity index (χ0) is 14.8. The summed E-state index contributed by atoms with van der Waals surface area (Å²) in [5, 5.41) is 9.74. The first-order valence-electron chi connectivity index (χ1n) is 7.16. The lowest BCUT2D eigenvalue weighted by Crippen LogP contribution is -2.37. The van der Waals surface area contributed by atoms with Crippen molar-refractivity contribution in [3.8, 4) is 0 Å². The Hall–Kier alpha value is -2.30. The first kappa shape index (κ1) is 13.7. The fourth-order valence-electron chi connectivity index (χ4n) is 2.57. The molecule has 0 bridgehead atoms. The monoisotopic (exact) mass is 285 g/mol. The van der Waals surface area contributed by atoms with E-state index in [4.69, 9.17) is 4.52 Å². The highest BCUT2D eigenvalue weighted by atomic mass is 16.5. The summed E-state index contributed by atoms with van der Waals surface area (Å²) in [5.41, 5.74) is 3.05. The third-order valence-corrected chi connectivity index (χ3v) is 3.94. The smallest absolute Gasteiger partial charge is 0.315 e. The number of hydrogen-bond acceptors (Lipinski definition) is 3. The molecule has 1 fully saturated rings. The van der Waals surface area contributed by atoms with E-state index in [1.807, 2.05) is 32.0 Å². The van der Waals surface area contributed by atoms with Crippen molar-refractivity contribution < 1.29 is 9.32 Å². The van der Waals surface area contributed by atoms with Crippen LogP contribution < -0.4 is 10.6 Å². The van der Waals surface area contributed by atoms with E-state index in [1.54, 1.807) is 0 Å². The average molecular weight is 285 g/mol. The van der Waals surface area contributed by atoms with Gasteiger partial charge in [-0.05, 0) is 25.8 Å². The molecule has 0 spiro atoms. The van der Waals surface area contributed by atoms with Gasteiger partial charge >= 0.3 is 6.03 Å². The van der Waals surface area contributed by atoms with Crippen LogP contribution in [0.3, 0.4) is 0 Å². The van der Waals surface area contributed by atoms with Crippen molar-refractivity contribution in [2.75, 3.05) is 0 Å². The lowest BCUT2D eigenvalue weighted by atomic mass is 10.1. The maximum Gasteiger partial charge on any atom is 0.315 e. The SMILES string of the molecule is Cc1noc(C)c1CNC(=O)NC1CC1c1ccccc1. The van der Waals surface area contributed by atoms with E-state index < -0.39 is 0 Å². The Morgan fingerprint density at radius 2 is 2.10 bits per heavy atom. The van der Waals surface area contributed by atoms with E-state index in [0.29, 0.717) is 12.5 Å². The molecule has 1 aromatic carbocycles. The van der Waals surface area contributed by atoms with Gasteiger partial charge in [-0.3, -0.25) is 0 Å². The molecule has 2 unspecified atom stereocenters. The molecule has 2 aromatic rings. The normalized spacial score (nSPS) is 20.1. The zero-order valence-electron chi connectivity index (χ0n) is 12.2. The highest BCUT2D eigenvalue weighted by molar-refractivity contribution is 5.75. The molecule has 1 aliphatic rings. The van der Waals surface area contributed by atoms with Gasteiger partial charge in [-0.25, -0.2) is 4.79 Å². The number of nitrogens with zero attached hydrogens (tertiary/aromatic N) is 1. The summed E-state index contributed by atoms with van der Waals surface area (Å²) in [7, 11) is 0. The summed E-state index contributed by atoms with van der Waals surface area (Å²) in [6.45, 7) is 4.16. The van der Waals surface area contributed by atoms with Crippen LogP contribution in [0.25, 0.3) is 0 Å². The van der Waals surface area contributed by atoms with Gasteiger partial charge in [-0.2, -0.15) is 0 Å². The van der Waals surface area contributed by atoms with E-state index in [0.717, 1.165) is 23.4 Å². The van der Waals surface area contributed by atoms with E-state index in [1.165, 1.54) is 5.56 Å². The topological polar surface area (TPSA) is 67.2 Å². The molecule has 2 atom stereocenters. The van der Waals surface area contributed by atoms with Gasteiger partial charge in [-0.1, -0.05) is 35.5 Å². The van der Waals surface area contributed by atoms with Gasteiger partial charge in [-0.15, -0.1) is 0 Å². The number of benzene rings is 1. The fourth-order valence-corrected chi connectivity index (χ4v) is 2.57. The first-order chi connectivity index (χ1) is 10.1. The van der Waals surface area contributed by atoms with Gasteiger partial charge in [0.1, 0.15) is 5.76 Å². The number of rotatable bonds is 4. The van der Waals surface area contributed by atoms with Crippen LogP contribution in [0, 0.1) is 13.8 Å². The van der Waals surface area contributed by atoms with E-state index in [2.05, 4.69) is 27.9 Å². The lowest BCUT2D eigenvalue weighted by molar-refractivity contribution is 0.240. The fraction of sp³-hybridized carbons (Fsp3) is 0.375. The second-order valence-corrected chi connectivity index (χ2v) is 5.49. The highest BCUT2D eigenvalue weighted by Crippen LogP contribution is 2.40. The zero-order valence-corrected chi connectivity index (χ0v) is 12.2. The summed E-state index contributed by atoms with van der Waals surface area (Å²) in [4.78, 5) is 11.9. The highest BCUT2D eigenvalue weighted by Gasteiger charge is 2.39. The summed E-state index contributed by atoms with van der Waals surface area (Å²) in [6.07, 6.45) is 1.00. The molecule has 0 radical (unpaired) electrons. The number of carbonyl (C=O) groups excluding carboxylic acids is 1. The number of urea groups is 1. The summed E-state index contributed by atoms with van der Waals surface area (Å²) >= 11 is 0. The molecule has 0 aliphatic heterocycles. The van der Waals surface area contributed by atoms with Crippen LogP contribution in [0.4, 0.5) is 4.79 Å². The first-order valence-corrected chi connectivity index (χ1v) is 7.16. The molecule has 0 saturated heterocycles. The van der Waals surface area contributed by atoms with Gasteiger partial charge in [0.25, 0.3) is 0 Å². The van der Waals surface area contributed by atoms with Crippen LogP contribution in [0.15, 0.2) is 34.9 Å². The second kappa shape index (κ2) is 5.60. The molecule has 21 heavy (non-hydrogen) atoms. The predicted molar refractivity (Wildman–Crippen MR) is 78.9 cm³/mol. The minimum atomic E-state index is -0.140. The molecule has 5 heteroatoms. The molecular weight excluding hydrogens is 266 g/mol. The minimum Gasteiger partial charge on any atom is -0.361 e. The summed E-state index contributed by atoms with van der Waals surface area (Å²) in [5.74, 6) is 1.19. The molecule has 2 N–H and O–H groups in total. The van der Waals surface area contributed by atoms with Crippen molar-refractivity contribution >= 4 is 6.03 Å². The third kappa shape index (κ3) is 3.07. The number of carbonyl (C=O) groups is 1. The van der Waals surface area contributed by atoms with Crippen molar-refractivity contribution in [3.63, 3.8) is 0 Å². The number of aromatic nitrogens is 1. The number of aryl methyl sites for hydroxylation is 2. The Morgan fingerprint density at radius 1 is 1.33 bits per heavy atom. The van der Waals surface area contributed by atoms with Crippen LogP contribution in [0.1, 0.15) is 34.9 Å². The average Bonchev–Trinajstić information content (AvgIpc) is 3.17. The van der Waals surface area contributed by atoms with E-state index in [-0.39, 0.29) is 12.1 Å². The Balaban J connectivity index is 1.48. The molecule has 1 saturated carbocycles. The van der Waals surface area contributed by atoms with Gasteiger partial charge in [0.2, 0.25) is 0 Å². The Kier molecular flexibility index (Phi) is 3.64. The second-order valence-electron chi connectivity index (χ2n) is 5.49. The molecule has 2 amide bonds. The van der Waals surface area contributed by atoms with Gasteiger partial charge < -0.3 is 15.2 Å². The minimum absolute atomic E-state index is 0.140. The summed E-state index contributed by atoms with van der Waals surface area (Å²) < 4.78 is 5.07. The van der Waals surface area contributed by atoms with Crippen molar-refractivity contribution in [3.05, 3.63) is 52.9 Å². The standard InChI is InChI=1S/C16H19N3O2/c1-10-14(11(2)21-19-10)9-17-16(20)18-15-8-13(15)12-6-4-3-5-7-12/h3-7,13,15H,8-9H2,1-2H3,(H2,17,18,20). The Morgan fingerprint density at radius 3 is 2.76 bits per heavy atom. The molecule has 3 rings (SSSR count). The van der Waals surface area contributed by atoms with Crippen LogP contribution in [0.2, 0.25) is 0 Å². The maximum absolute atomic E-state index is 11.9. The van der Waals surface area contributed by atoms with Crippen molar-refractivity contribution in [2.45, 2.75) is 38.8 Å². The molecule has 1 aromatic heterocycles. The van der Waals surface area contributed by atoms with Crippen molar-refractivity contribution in [1.82, 2.24) is 15.8 Å². The molecule has 1 aliphatic carbocycles. The predicted octanol–water partition coefficient (Wildman–Crippen LogP) is 2.65. The molecule has 1 heterocycles. The molecule has 5 nitrogen and oxygen atoms in total. The van der Waals surface area contributed by atoms with Gasteiger partial charge in [0, 0.05) is 24.1 Å². The van der Waals surface area contributed by atoms with E-state index >= 15 is 0 Å². The molecule has 110 valence electrons. The van der Waals surface area contributed by atoms with Gasteiger partial charge in [0.05, 0.1) is 5.69 Å². The molecular formula is C16H19N3O2. The third-order valence-electron chi connectivity index (χ3n) is 3.94. The maximum atomic E-state index is 11.9. The summed E-state index contributed by atoms with van der Waals surface area (Å²) in [6, 6.07) is 10.4. The lowest BCUT2D eigenvalue weighted by Gasteiger charge is -2.07. The number of amides is 2. The van der Waals surface area contributed by atoms with Crippen molar-refractivity contribution in [2.24, 2.45) is 0 Å². The van der Waals surface area contributed by atoms with Crippen LogP contribution in [-0.4, -0.2) is 17.2 Å². The Bertz CT molecular complexity index is 617.